The van der Waals surface area contributed by atoms with Crippen molar-refractivity contribution in [3.8, 4) is 0 Å². The van der Waals surface area contributed by atoms with E-state index in [1.165, 1.54) is 0 Å². The predicted octanol–water partition coefficient (Wildman–Crippen LogP) is 1.12. The summed E-state index contributed by atoms with van der Waals surface area (Å²) in [5, 5.41) is 0. The van der Waals surface area contributed by atoms with Gasteiger partial charge >= 0.3 is 5.97 Å². The van der Waals surface area contributed by atoms with Crippen LogP contribution in [-0.2, 0) is 14.3 Å². The summed E-state index contributed by atoms with van der Waals surface area (Å²) in [6.07, 6.45) is 1.90. The lowest BCUT2D eigenvalue weighted by atomic mass is 10.2. The van der Waals surface area contributed by atoms with E-state index in [0.717, 1.165) is 12.8 Å². The van der Waals surface area contributed by atoms with Gasteiger partial charge in [0, 0.05) is 0 Å². The van der Waals surface area contributed by atoms with Gasteiger partial charge < -0.3 is 9.47 Å². The Morgan fingerprint density at radius 1 is 1.55 bits per heavy atom. The second-order valence-corrected chi connectivity index (χ2v) is 2.64. The Hall–Kier alpha value is -0.570. The summed E-state index contributed by atoms with van der Waals surface area (Å²) in [7, 11) is 0. The zero-order valence-corrected chi connectivity index (χ0v) is 7.00. The quantitative estimate of drug-likeness (QED) is 0.454. The van der Waals surface area contributed by atoms with Crippen LogP contribution >= 0.6 is 0 Å². The molecule has 0 saturated carbocycles. The third-order valence-electron chi connectivity index (χ3n) is 1.67. The largest absolute Gasteiger partial charge is 0.464 e. The van der Waals surface area contributed by atoms with Crippen molar-refractivity contribution in [2.75, 3.05) is 6.61 Å². The van der Waals surface area contributed by atoms with E-state index in [1.807, 2.05) is 0 Å². The number of epoxide rings is 1. The van der Waals surface area contributed by atoms with E-state index in [2.05, 4.69) is 6.92 Å². The third kappa shape index (κ3) is 2.19. The minimum absolute atomic E-state index is 0.138. The average molecular weight is 158 g/mol. The molecule has 3 nitrogen and oxygen atoms in total. The molecule has 0 aromatic carbocycles. The molecule has 1 heterocycles. The Morgan fingerprint density at radius 2 is 2.27 bits per heavy atom. The Kier molecular flexibility index (Phi) is 2.88. The zero-order chi connectivity index (χ0) is 8.27. The number of ether oxygens (including phenoxy) is 2. The Morgan fingerprint density at radius 3 is 2.82 bits per heavy atom. The molecule has 0 spiro atoms. The van der Waals surface area contributed by atoms with E-state index < -0.39 is 0 Å². The number of carbonyl (C=O) groups excluding carboxylic acids is 1. The van der Waals surface area contributed by atoms with Crippen LogP contribution in [0.3, 0.4) is 0 Å². The normalized spacial score (nSPS) is 28.2. The molecule has 0 aliphatic carbocycles. The molecule has 1 aliphatic rings. The fourth-order valence-corrected chi connectivity index (χ4v) is 1.08. The molecule has 1 rings (SSSR count). The maximum absolute atomic E-state index is 10.9. The molecule has 0 aromatic heterocycles. The first kappa shape index (κ1) is 8.53. The van der Waals surface area contributed by atoms with E-state index in [4.69, 9.17) is 9.47 Å². The molecule has 0 bridgehead atoms. The van der Waals surface area contributed by atoms with Gasteiger partial charge in [0.05, 0.1) is 12.7 Å². The van der Waals surface area contributed by atoms with Crippen LogP contribution in [-0.4, -0.2) is 24.8 Å². The van der Waals surface area contributed by atoms with Gasteiger partial charge in [0.15, 0.2) is 6.10 Å². The van der Waals surface area contributed by atoms with Crippen LogP contribution in [0.5, 0.6) is 0 Å². The van der Waals surface area contributed by atoms with E-state index in [1.54, 1.807) is 6.92 Å². The Bertz CT molecular complexity index is 144. The van der Waals surface area contributed by atoms with Crippen molar-refractivity contribution in [3.63, 3.8) is 0 Å². The molecular weight excluding hydrogens is 144 g/mol. The van der Waals surface area contributed by atoms with Crippen LogP contribution in [0.2, 0.25) is 0 Å². The lowest BCUT2D eigenvalue weighted by Crippen LogP contribution is -2.13. The summed E-state index contributed by atoms with van der Waals surface area (Å²) < 4.78 is 9.88. The monoisotopic (exact) mass is 158 g/mol. The van der Waals surface area contributed by atoms with E-state index in [9.17, 15) is 4.79 Å². The molecular formula is C8H14O3. The van der Waals surface area contributed by atoms with Gasteiger partial charge in [0.1, 0.15) is 0 Å². The van der Waals surface area contributed by atoms with Gasteiger partial charge in [-0.1, -0.05) is 13.3 Å². The molecule has 3 heteroatoms. The summed E-state index contributed by atoms with van der Waals surface area (Å²) in [4.78, 5) is 10.9. The molecule has 11 heavy (non-hydrogen) atoms. The number of carbonyl (C=O) groups is 1. The number of rotatable bonds is 4. The van der Waals surface area contributed by atoms with Crippen LogP contribution in [0, 0.1) is 0 Å². The second kappa shape index (κ2) is 3.72. The fraction of sp³-hybridized carbons (Fsp3) is 0.875. The number of hydrogen-bond donors (Lipinski definition) is 0. The zero-order valence-electron chi connectivity index (χ0n) is 7.00. The van der Waals surface area contributed by atoms with Crippen LogP contribution < -0.4 is 0 Å². The standard InChI is InChI=1S/C8H14O3/c1-3-5-6-7(11-6)8(9)10-4-2/h6-7H,3-5H2,1-2H3. The van der Waals surface area contributed by atoms with Crippen molar-refractivity contribution in [1.29, 1.82) is 0 Å². The lowest BCUT2D eigenvalue weighted by Gasteiger charge is -1.95. The predicted molar refractivity (Wildman–Crippen MR) is 40.2 cm³/mol. The van der Waals surface area contributed by atoms with Crippen molar-refractivity contribution >= 4 is 5.97 Å². The smallest absolute Gasteiger partial charge is 0.337 e. The van der Waals surface area contributed by atoms with Crippen molar-refractivity contribution in [1.82, 2.24) is 0 Å². The first-order chi connectivity index (χ1) is 5.29. The third-order valence-corrected chi connectivity index (χ3v) is 1.67. The Balaban J connectivity index is 2.15. The van der Waals surface area contributed by atoms with E-state index in [0.29, 0.717) is 6.61 Å². The van der Waals surface area contributed by atoms with Gasteiger partial charge in [-0.2, -0.15) is 0 Å². The highest BCUT2D eigenvalue weighted by Crippen LogP contribution is 2.27. The highest BCUT2D eigenvalue weighted by atomic mass is 16.6. The van der Waals surface area contributed by atoms with Crippen molar-refractivity contribution in [2.24, 2.45) is 0 Å². The molecule has 0 aromatic rings. The van der Waals surface area contributed by atoms with Crippen molar-refractivity contribution in [2.45, 2.75) is 38.9 Å². The Labute approximate surface area is 66.7 Å². The first-order valence-electron chi connectivity index (χ1n) is 4.11. The van der Waals surface area contributed by atoms with Crippen LogP contribution in [0.15, 0.2) is 0 Å². The average Bonchev–Trinajstić information content (AvgIpc) is 2.69. The number of esters is 1. The van der Waals surface area contributed by atoms with Gasteiger partial charge in [-0.15, -0.1) is 0 Å². The molecule has 0 amide bonds. The summed E-state index contributed by atoms with van der Waals surface area (Å²) in [5.41, 5.74) is 0. The van der Waals surface area contributed by atoms with Gasteiger partial charge in [-0.05, 0) is 13.3 Å². The van der Waals surface area contributed by atoms with Crippen LogP contribution in [0.4, 0.5) is 0 Å². The topological polar surface area (TPSA) is 38.8 Å². The molecule has 0 N–H and O–H groups in total. The van der Waals surface area contributed by atoms with Gasteiger partial charge in [0.2, 0.25) is 0 Å². The van der Waals surface area contributed by atoms with Gasteiger partial charge in [-0.25, -0.2) is 4.79 Å². The minimum Gasteiger partial charge on any atom is -0.464 e. The molecule has 1 fully saturated rings. The van der Waals surface area contributed by atoms with E-state index in [-0.39, 0.29) is 18.2 Å². The minimum atomic E-state index is -0.255. The summed E-state index contributed by atoms with van der Waals surface area (Å²) >= 11 is 0. The second-order valence-electron chi connectivity index (χ2n) is 2.64. The molecule has 64 valence electrons. The molecule has 2 unspecified atom stereocenters. The summed E-state index contributed by atoms with van der Waals surface area (Å²) in [6, 6.07) is 0. The molecule has 1 aliphatic heterocycles. The van der Waals surface area contributed by atoms with Crippen LogP contribution in [0.1, 0.15) is 26.7 Å². The fourth-order valence-electron chi connectivity index (χ4n) is 1.08. The highest BCUT2D eigenvalue weighted by Gasteiger charge is 2.45. The van der Waals surface area contributed by atoms with Gasteiger partial charge in [0.25, 0.3) is 0 Å². The molecule has 2 atom stereocenters. The van der Waals surface area contributed by atoms with Crippen LogP contribution in [0.25, 0.3) is 0 Å². The molecule has 0 radical (unpaired) electrons. The first-order valence-corrected chi connectivity index (χ1v) is 4.11. The summed E-state index contributed by atoms with van der Waals surface area (Å²) in [6.45, 7) is 4.32. The van der Waals surface area contributed by atoms with Crippen molar-refractivity contribution in [3.05, 3.63) is 0 Å². The molecule has 1 saturated heterocycles. The van der Waals surface area contributed by atoms with Gasteiger partial charge in [-0.3, -0.25) is 0 Å². The van der Waals surface area contributed by atoms with Crippen molar-refractivity contribution < 1.29 is 14.3 Å². The summed E-state index contributed by atoms with van der Waals surface area (Å²) in [5.74, 6) is -0.203. The maximum atomic E-state index is 10.9. The SMILES string of the molecule is CCCC1OC1C(=O)OCC. The van der Waals surface area contributed by atoms with E-state index >= 15 is 0 Å². The lowest BCUT2D eigenvalue weighted by molar-refractivity contribution is -0.144. The highest BCUT2D eigenvalue weighted by molar-refractivity contribution is 5.77. The number of hydrogen-bond acceptors (Lipinski definition) is 3. The maximum Gasteiger partial charge on any atom is 0.337 e.